The number of methoxy groups -OCH3 is 1. The first kappa shape index (κ1) is 14.0. The smallest absolute Gasteiger partial charge is 0.238 e. The van der Waals surface area contributed by atoms with Crippen LogP contribution in [0.5, 0.6) is 5.75 Å². The Morgan fingerprint density at radius 1 is 1.29 bits per heavy atom. The van der Waals surface area contributed by atoms with Crippen molar-refractivity contribution in [1.82, 2.24) is 10.2 Å². The standard InChI is InChI=1S/C15H17N3O2S/c1-8-12-13(10-4-6-11(20-3)7-5-10)21-9(2)15(19)16-14(12)18-17-8/h4-7,9,13H,1-3H3,(H2,16,17,18,19). The Hall–Kier alpha value is -1.95. The topological polar surface area (TPSA) is 67.0 Å². The van der Waals surface area contributed by atoms with E-state index in [4.69, 9.17) is 4.74 Å². The van der Waals surface area contributed by atoms with Crippen molar-refractivity contribution in [3.63, 3.8) is 0 Å². The van der Waals surface area contributed by atoms with Crippen LogP contribution in [-0.4, -0.2) is 28.5 Å². The van der Waals surface area contributed by atoms with Gasteiger partial charge in [0, 0.05) is 11.3 Å². The van der Waals surface area contributed by atoms with Gasteiger partial charge in [-0.05, 0) is 31.5 Å². The average Bonchev–Trinajstić information content (AvgIpc) is 2.79. The molecular weight excluding hydrogens is 286 g/mol. The highest BCUT2D eigenvalue weighted by molar-refractivity contribution is 8.01. The van der Waals surface area contributed by atoms with Crippen molar-refractivity contribution in [2.24, 2.45) is 0 Å². The van der Waals surface area contributed by atoms with Crippen molar-refractivity contribution in [1.29, 1.82) is 0 Å². The molecule has 2 atom stereocenters. The summed E-state index contributed by atoms with van der Waals surface area (Å²) < 4.78 is 5.21. The SMILES string of the molecule is COc1ccc(C2SC(C)C(=O)Nc3n[nH]c(C)c32)cc1. The third-order valence-electron chi connectivity index (χ3n) is 3.63. The Bertz CT molecular complexity index is 666. The van der Waals surface area contributed by atoms with Crippen LogP contribution in [0.4, 0.5) is 5.82 Å². The number of thioether (sulfide) groups is 1. The Kier molecular flexibility index (Phi) is 3.63. The lowest BCUT2D eigenvalue weighted by Gasteiger charge is -2.17. The molecule has 0 saturated heterocycles. The third kappa shape index (κ3) is 2.51. The lowest BCUT2D eigenvalue weighted by molar-refractivity contribution is -0.115. The Labute approximate surface area is 127 Å². The summed E-state index contributed by atoms with van der Waals surface area (Å²) in [7, 11) is 1.65. The summed E-state index contributed by atoms with van der Waals surface area (Å²) in [6.07, 6.45) is 0. The zero-order chi connectivity index (χ0) is 15.0. The molecule has 0 radical (unpaired) electrons. The molecule has 110 valence electrons. The lowest BCUT2D eigenvalue weighted by Crippen LogP contribution is -2.21. The van der Waals surface area contributed by atoms with Gasteiger partial charge in [0.2, 0.25) is 5.91 Å². The van der Waals surface area contributed by atoms with Crippen molar-refractivity contribution in [3.8, 4) is 5.75 Å². The number of hydrogen-bond acceptors (Lipinski definition) is 4. The van der Waals surface area contributed by atoms with Crippen molar-refractivity contribution in [2.45, 2.75) is 24.3 Å². The number of benzene rings is 1. The van der Waals surface area contributed by atoms with E-state index in [0.717, 1.165) is 22.6 Å². The minimum absolute atomic E-state index is 0.0104. The molecule has 2 N–H and O–H groups in total. The van der Waals surface area contributed by atoms with Crippen molar-refractivity contribution < 1.29 is 9.53 Å². The lowest BCUT2D eigenvalue weighted by atomic mass is 10.0. The molecule has 21 heavy (non-hydrogen) atoms. The van der Waals surface area contributed by atoms with Crippen LogP contribution in [-0.2, 0) is 4.79 Å². The normalized spacial score (nSPS) is 21.4. The number of aromatic amines is 1. The summed E-state index contributed by atoms with van der Waals surface area (Å²) in [6, 6.07) is 7.95. The van der Waals surface area contributed by atoms with Gasteiger partial charge >= 0.3 is 0 Å². The molecule has 0 saturated carbocycles. The summed E-state index contributed by atoms with van der Waals surface area (Å²) in [5.74, 6) is 1.45. The number of amides is 1. The Morgan fingerprint density at radius 3 is 2.67 bits per heavy atom. The zero-order valence-corrected chi connectivity index (χ0v) is 13.0. The monoisotopic (exact) mass is 303 g/mol. The van der Waals surface area contributed by atoms with Crippen LogP contribution in [0, 0.1) is 6.92 Å². The Morgan fingerprint density at radius 2 is 2.00 bits per heavy atom. The van der Waals surface area contributed by atoms with E-state index in [0.29, 0.717) is 5.82 Å². The summed E-state index contributed by atoms with van der Waals surface area (Å²) in [5, 5.41) is 10.0. The molecule has 1 aliphatic rings. The summed E-state index contributed by atoms with van der Waals surface area (Å²) in [6.45, 7) is 3.90. The Balaban J connectivity index is 2.06. The molecule has 2 aromatic rings. The number of anilines is 1. The maximum absolute atomic E-state index is 12.1. The average molecular weight is 303 g/mol. The zero-order valence-electron chi connectivity index (χ0n) is 12.1. The second kappa shape index (κ2) is 5.44. The van der Waals surface area contributed by atoms with E-state index in [-0.39, 0.29) is 16.4 Å². The number of rotatable bonds is 2. The molecule has 6 heteroatoms. The molecule has 1 aromatic carbocycles. The van der Waals surface area contributed by atoms with Crippen LogP contribution >= 0.6 is 11.8 Å². The molecule has 5 nitrogen and oxygen atoms in total. The number of fused-ring (bicyclic) bond motifs is 1. The van der Waals surface area contributed by atoms with Crippen molar-refractivity contribution in [3.05, 3.63) is 41.1 Å². The van der Waals surface area contributed by atoms with Crippen LogP contribution in [0.2, 0.25) is 0 Å². The fourth-order valence-corrected chi connectivity index (χ4v) is 3.76. The second-order valence-electron chi connectivity index (χ2n) is 5.03. The largest absolute Gasteiger partial charge is 0.497 e. The highest BCUT2D eigenvalue weighted by Gasteiger charge is 2.32. The number of aromatic nitrogens is 2. The molecule has 0 spiro atoms. The van der Waals surface area contributed by atoms with Crippen LogP contribution < -0.4 is 10.1 Å². The first-order valence-electron chi connectivity index (χ1n) is 6.75. The number of carbonyl (C=O) groups is 1. The summed E-state index contributed by atoms with van der Waals surface area (Å²) in [4.78, 5) is 12.1. The van der Waals surface area contributed by atoms with Gasteiger partial charge in [0.05, 0.1) is 17.6 Å². The third-order valence-corrected chi connectivity index (χ3v) is 5.03. The first-order chi connectivity index (χ1) is 10.1. The molecule has 0 bridgehead atoms. The van der Waals surface area contributed by atoms with Gasteiger partial charge < -0.3 is 10.1 Å². The van der Waals surface area contributed by atoms with E-state index < -0.39 is 0 Å². The number of aryl methyl sites for hydroxylation is 1. The van der Waals surface area contributed by atoms with Gasteiger partial charge in [0.1, 0.15) is 5.75 Å². The molecule has 3 rings (SSSR count). The number of ether oxygens (including phenoxy) is 1. The molecule has 1 amide bonds. The van der Waals surface area contributed by atoms with Crippen molar-refractivity contribution >= 4 is 23.5 Å². The van der Waals surface area contributed by atoms with Crippen LogP contribution in [0.15, 0.2) is 24.3 Å². The number of nitrogens with one attached hydrogen (secondary N) is 2. The molecule has 1 aromatic heterocycles. The highest BCUT2D eigenvalue weighted by Crippen LogP contribution is 2.44. The predicted octanol–water partition coefficient (Wildman–Crippen LogP) is 2.89. The number of hydrogen-bond donors (Lipinski definition) is 2. The van der Waals surface area contributed by atoms with E-state index in [1.54, 1.807) is 18.9 Å². The summed E-state index contributed by atoms with van der Waals surface area (Å²) >= 11 is 1.63. The van der Waals surface area contributed by atoms with Crippen LogP contribution in [0.1, 0.15) is 29.0 Å². The maximum Gasteiger partial charge on any atom is 0.238 e. The maximum atomic E-state index is 12.1. The fraction of sp³-hybridized carbons (Fsp3) is 0.333. The van der Waals surface area contributed by atoms with Gasteiger partial charge in [0.15, 0.2) is 5.82 Å². The second-order valence-corrected chi connectivity index (χ2v) is 6.48. The first-order valence-corrected chi connectivity index (χ1v) is 7.69. The van der Waals surface area contributed by atoms with Gasteiger partial charge in [-0.25, -0.2) is 0 Å². The minimum Gasteiger partial charge on any atom is -0.497 e. The van der Waals surface area contributed by atoms with E-state index in [1.807, 2.05) is 38.1 Å². The van der Waals surface area contributed by atoms with Gasteiger partial charge in [-0.1, -0.05) is 12.1 Å². The minimum atomic E-state index is -0.134. The molecule has 2 heterocycles. The molecule has 2 unspecified atom stereocenters. The number of nitrogens with zero attached hydrogens (tertiary/aromatic N) is 1. The molecule has 1 aliphatic heterocycles. The van der Waals surface area contributed by atoms with E-state index >= 15 is 0 Å². The summed E-state index contributed by atoms with van der Waals surface area (Å²) in [5.41, 5.74) is 3.16. The highest BCUT2D eigenvalue weighted by atomic mass is 32.2. The quantitative estimate of drug-likeness (QED) is 0.895. The fourth-order valence-electron chi connectivity index (χ4n) is 2.43. The van der Waals surface area contributed by atoms with E-state index in [9.17, 15) is 4.79 Å². The van der Waals surface area contributed by atoms with Gasteiger partial charge in [0.25, 0.3) is 0 Å². The van der Waals surface area contributed by atoms with Crippen LogP contribution in [0.25, 0.3) is 0 Å². The van der Waals surface area contributed by atoms with Gasteiger partial charge in [-0.2, -0.15) is 5.10 Å². The van der Waals surface area contributed by atoms with Gasteiger partial charge in [-0.15, -0.1) is 11.8 Å². The van der Waals surface area contributed by atoms with Crippen molar-refractivity contribution in [2.75, 3.05) is 12.4 Å². The number of carbonyl (C=O) groups excluding carboxylic acids is 1. The molecule has 0 fully saturated rings. The molecule has 0 aliphatic carbocycles. The van der Waals surface area contributed by atoms with Gasteiger partial charge in [-0.3, -0.25) is 9.89 Å². The van der Waals surface area contributed by atoms with Crippen LogP contribution in [0.3, 0.4) is 0 Å². The predicted molar refractivity (Wildman–Crippen MR) is 83.8 cm³/mol. The van der Waals surface area contributed by atoms with E-state index in [1.165, 1.54) is 0 Å². The number of H-pyrrole nitrogens is 1. The van der Waals surface area contributed by atoms with E-state index in [2.05, 4.69) is 15.5 Å². The molecular formula is C15H17N3O2S.